The lowest BCUT2D eigenvalue weighted by Crippen LogP contribution is -2.22. The van der Waals surface area contributed by atoms with Gasteiger partial charge in [-0.15, -0.1) is 0 Å². The van der Waals surface area contributed by atoms with Crippen LogP contribution < -0.4 is 10.2 Å². The molecule has 1 aliphatic rings. The summed E-state index contributed by atoms with van der Waals surface area (Å²) in [4.78, 5) is 26.8. The zero-order chi connectivity index (χ0) is 18.7. The summed E-state index contributed by atoms with van der Waals surface area (Å²) in [6, 6.07) is 10.0. The fourth-order valence-electron chi connectivity index (χ4n) is 2.98. The van der Waals surface area contributed by atoms with Crippen molar-refractivity contribution in [3.63, 3.8) is 0 Å². The molecule has 0 radical (unpaired) electrons. The summed E-state index contributed by atoms with van der Waals surface area (Å²) in [7, 11) is 1.32. The van der Waals surface area contributed by atoms with Crippen LogP contribution in [0.15, 0.2) is 36.4 Å². The Morgan fingerprint density at radius 3 is 2.54 bits per heavy atom. The third kappa shape index (κ3) is 3.79. The number of amides is 1. The number of nitrogens with one attached hydrogen (secondary N) is 1. The van der Waals surface area contributed by atoms with Gasteiger partial charge in [0.25, 0.3) is 5.91 Å². The molecule has 0 bridgehead atoms. The van der Waals surface area contributed by atoms with Crippen LogP contribution in [0.2, 0.25) is 10.0 Å². The summed E-state index contributed by atoms with van der Waals surface area (Å²) < 4.78 is 4.78. The Balaban J connectivity index is 1.96. The van der Waals surface area contributed by atoms with Crippen molar-refractivity contribution >= 4 is 46.5 Å². The van der Waals surface area contributed by atoms with Crippen molar-refractivity contribution in [3.8, 4) is 0 Å². The summed E-state index contributed by atoms with van der Waals surface area (Å²) in [5, 5.41) is 3.36. The van der Waals surface area contributed by atoms with E-state index in [0.29, 0.717) is 16.3 Å². The number of methoxy groups -OCH3 is 1. The number of anilines is 2. The van der Waals surface area contributed by atoms with Gasteiger partial charge in [0.05, 0.1) is 39.7 Å². The molecule has 0 atom stereocenters. The molecule has 1 aliphatic heterocycles. The zero-order valence-corrected chi connectivity index (χ0v) is 15.7. The first kappa shape index (κ1) is 18.5. The van der Waals surface area contributed by atoms with Gasteiger partial charge >= 0.3 is 5.97 Å². The number of carbonyl (C=O) groups excluding carboxylic acids is 2. The average molecular weight is 393 g/mol. The number of hydrogen-bond acceptors (Lipinski definition) is 4. The van der Waals surface area contributed by atoms with Crippen molar-refractivity contribution < 1.29 is 14.3 Å². The Hall–Kier alpha value is -2.24. The molecule has 0 aliphatic carbocycles. The number of halogens is 2. The lowest BCUT2D eigenvalue weighted by atomic mass is 10.1. The second kappa shape index (κ2) is 7.98. The molecule has 7 heteroatoms. The van der Waals surface area contributed by atoms with E-state index in [0.717, 1.165) is 31.6 Å². The molecule has 0 spiro atoms. The molecule has 3 rings (SSSR count). The Morgan fingerprint density at radius 2 is 1.85 bits per heavy atom. The van der Waals surface area contributed by atoms with Crippen LogP contribution in [0.4, 0.5) is 11.4 Å². The highest BCUT2D eigenvalue weighted by Gasteiger charge is 2.20. The summed E-state index contributed by atoms with van der Waals surface area (Å²) in [6.07, 6.45) is 2.18. The molecule has 1 amide bonds. The normalized spacial score (nSPS) is 13.6. The van der Waals surface area contributed by atoms with Gasteiger partial charge in [-0.05, 0) is 43.2 Å². The molecule has 1 fully saturated rings. The number of nitrogens with zero attached hydrogens (tertiary/aromatic N) is 1. The highest BCUT2D eigenvalue weighted by atomic mass is 35.5. The SMILES string of the molecule is COC(=O)c1ccc(N2CCCC2)c(NC(=O)c2cccc(Cl)c2Cl)c1. The lowest BCUT2D eigenvalue weighted by Gasteiger charge is -2.22. The van der Waals surface area contributed by atoms with Gasteiger partial charge in [-0.3, -0.25) is 4.79 Å². The quantitative estimate of drug-likeness (QED) is 0.770. The Kier molecular flexibility index (Phi) is 5.69. The maximum Gasteiger partial charge on any atom is 0.337 e. The molecule has 136 valence electrons. The number of rotatable bonds is 4. The van der Waals surface area contributed by atoms with E-state index >= 15 is 0 Å². The van der Waals surface area contributed by atoms with Crippen LogP contribution in [0, 0.1) is 0 Å². The molecule has 0 aromatic heterocycles. The molecule has 1 saturated heterocycles. The van der Waals surface area contributed by atoms with Crippen LogP contribution in [0.25, 0.3) is 0 Å². The van der Waals surface area contributed by atoms with E-state index < -0.39 is 5.97 Å². The minimum absolute atomic E-state index is 0.193. The first-order chi connectivity index (χ1) is 12.5. The number of benzene rings is 2. The van der Waals surface area contributed by atoms with E-state index in [-0.39, 0.29) is 16.5 Å². The summed E-state index contributed by atoms with van der Waals surface area (Å²) in [5.41, 5.74) is 2.04. The monoisotopic (exact) mass is 392 g/mol. The average Bonchev–Trinajstić information content (AvgIpc) is 3.17. The van der Waals surface area contributed by atoms with Gasteiger partial charge in [-0.2, -0.15) is 0 Å². The molecule has 0 unspecified atom stereocenters. The molecule has 5 nitrogen and oxygen atoms in total. The van der Waals surface area contributed by atoms with Crippen molar-refractivity contribution in [3.05, 3.63) is 57.6 Å². The zero-order valence-electron chi connectivity index (χ0n) is 14.2. The Labute approximate surface area is 161 Å². The van der Waals surface area contributed by atoms with E-state index in [1.807, 2.05) is 6.07 Å². The Morgan fingerprint density at radius 1 is 1.12 bits per heavy atom. The first-order valence-corrected chi connectivity index (χ1v) is 8.99. The number of hydrogen-bond donors (Lipinski definition) is 1. The fraction of sp³-hybridized carbons (Fsp3) is 0.263. The maximum atomic E-state index is 12.7. The molecule has 2 aromatic carbocycles. The van der Waals surface area contributed by atoms with Crippen LogP contribution in [0.1, 0.15) is 33.6 Å². The van der Waals surface area contributed by atoms with Gasteiger partial charge in [0.1, 0.15) is 0 Å². The van der Waals surface area contributed by atoms with Gasteiger partial charge < -0.3 is 15.0 Å². The van der Waals surface area contributed by atoms with Gasteiger partial charge in [0, 0.05) is 13.1 Å². The minimum Gasteiger partial charge on any atom is -0.465 e. The van der Waals surface area contributed by atoms with Crippen LogP contribution >= 0.6 is 23.2 Å². The van der Waals surface area contributed by atoms with E-state index in [9.17, 15) is 9.59 Å². The second-order valence-corrected chi connectivity index (χ2v) is 6.76. The van der Waals surface area contributed by atoms with Crippen LogP contribution in [-0.2, 0) is 4.74 Å². The van der Waals surface area contributed by atoms with Crippen molar-refractivity contribution in [1.82, 2.24) is 0 Å². The second-order valence-electron chi connectivity index (χ2n) is 5.97. The predicted molar refractivity (Wildman–Crippen MR) is 104 cm³/mol. The van der Waals surface area contributed by atoms with Crippen LogP contribution in [0.5, 0.6) is 0 Å². The highest BCUT2D eigenvalue weighted by Crippen LogP contribution is 2.32. The molecule has 0 saturated carbocycles. The highest BCUT2D eigenvalue weighted by molar-refractivity contribution is 6.44. The molecular formula is C19H18Cl2N2O3. The first-order valence-electron chi connectivity index (χ1n) is 8.24. The number of ether oxygens (including phenoxy) is 1. The minimum atomic E-state index is -0.464. The molecule has 1 N–H and O–H groups in total. The summed E-state index contributed by atoms with van der Waals surface area (Å²) in [5.74, 6) is -0.853. The van der Waals surface area contributed by atoms with E-state index in [1.165, 1.54) is 7.11 Å². The van der Waals surface area contributed by atoms with Gasteiger partial charge in [-0.1, -0.05) is 29.3 Å². The molecular weight excluding hydrogens is 375 g/mol. The number of carbonyl (C=O) groups is 2. The van der Waals surface area contributed by atoms with Crippen molar-refractivity contribution in [2.45, 2.75) is 12.8 Å². The predicted octanol–water partition coefficient (Wildman–Crippen LogP) is 4.63. The maximum absolute atomic E-state index is 12.7. The van der Waals surface area contributed by atoms with Crippen LogP contribution in [0.3, 0.4) is 0 Å². The van der Waals surface area contributed by atoms with Crippen molar-refractivity contribution in [2.24, 2.45) is 0 Å². The van der Waals surface area contributed by atoms with Crippen molar-refractivity contribution in [1.29, 1.82) is 0 Å². The topological polar surface area (TPSA) is 58.6 Å². The van der Waals surface area contributed by atoms with E-state index in [1.54, 1.807) is 30.3 Å². The summed E-state index contributed by atoms with van der Waals surface area (Å²) in [6.45, 7) is 1.80. The third-order valence-electron chi connectivity index (χ3n) is 4.31. The molecule has 2 aromatic rings. The fourth-order valence-corrected chi connectivity index (χ4v) is 3.37. The van der Waals surface area contributed by atoms with Crippen molar-refractivity contribution in [2.75, 3.05) is 30.4 Å². The molecule has 1 heterocycles. The van der Waals surface area contributed by atoms with E-state index in [4.69, 9.17) is 27.9 Å². The molecule has 26 heavy (non-hydrogen) atoms. The summed E-state index contributed by atoms with van der Waals surface area (Å²) >= 11 is 12.1. The van der Waals surface area contributed by atoms with Gasteiger partial charge in [0.15, 0.2) is 0 Å². The Bertz CT molecular complexity index is 849. The standard InChI is InChI=1S/C19H18Cl2N2O3/c1-26-19(25)12-7-8-16(23-9-2-3-10-23)15(11-12)22-18(24)13-5-4-6-14(20)17(13)21/h4-8,11H,2-3,9-10H2,1H3,(H,22,24). The largest absolute Gasteiger partial charge is 0.465 e. The van der Waals surface area contributed by atoms with E-state index in [2.05, 4.69) is 10.2 Å². The van der Waals surface area contributed by atoms with Gasteiger partial charge in [-0.25, -0.2) is 4.79 Å². The third-order valence-corrected chi connectivity index (χ3v) is 5.13. The van der Waals surface area contributed by atoms with Crippen LogP contribution in [-0.4, -0.2) is 32.1 Å². The van der Waals surface area contributed by atoms with Gasteiger partial charge in [0.2, 0.25) is 0 Å². The smallest absolute Gasteiger partial charge is 0.337 e. The lowest BCUT2D eigenvalue weighted by molar-refractivity contribution is 0.0600. The number of esters is 1.